The van der Waals surface area contributed by atoms with Crippen LogP contribution in [0.15, 0.2) is 78.3 Å². The summed E-state index contributed by atoms with van der Waals surface area (Å²) in [6, 6.07) is 18.7. The summed E-state index contributed by atoms with van der Waals surface area (Å²) in [5.41, 5.74) is 3.40. The number of nitrogens with one attached hydrogen (secondary N) is 1. The molecule has 4 nitrogen and oxygen atoms in total. The molecule has 1 amide bonds. The van der Waals surface area contributed by atoms with Crippen molar-refractivity contribution in [3.05, 3.63) is 89.7 Å². The van der Waals surface area contributed by atoms with Gasteiger partial charge < -0.3 is 5.32 Å². The molecule has 0 aliphatic heterocycles. The van der Waals surface area contributed by atoms with Crippen LogP contribution in [-0.4, -0.2) is 15.9 Å². The minimum absolute atomic E-state index is 0.270. The molecule has 0 aliphatic rings. The highest BCUT2D eigenvalue weighted by atomic mass is 32.1. The Morgan fingerprint density at radius 1 is 0.963 bits per heavy atom. The zero-order valence-corrected chi connectivity index (χ0v) is 14.9. The smallest absolute Gasteiger partial charge is 0.255 e. The Labute approximate surface area is 159 Å². The lowest BCUT2D eigenvalue weighted by atomic mass is 10.1. The van der Waals surface area contributed by atoms with Crippen molar-refractivity contribution in [3.63, 3.8) is 0 Å². The Morgan fingerprint density at radius 3 is 2.67 bits per heavy atom. The lowest BCUT2D eigenvalue weighted by molar-refractivity contribution is 0.102. The SMILES string of the molecule is O=C(Nc1cccc(-c2csc(-c3ccccn3)n2)c1)c1cccc(F)c1. The molecule has 0 radical (unpaired) electrons. The van der Waals surface area contributed by atoms with Crippen LogP contribution in [0, 0.1) is 5.82 Å². The second-order valence-electron chi connectivity index (χ2n) is 5.80. The van der Waals surface area contributed by atoms with E-state index in [2.05, 4.69) is 15.3 Å². The Morgan fingerprint density at radius 2 is 1.85 bits per heavy atom. The molecular weight excluding hydrogens is 361 g/mol. The third-order valence-corrected chi connectivity index (χ3v) is 4.76. The summed E-state index contributed by atoms with van der Waals surface area (Å²) >= 11 is 1.51. The maximum absolute atomic E-state index is 13.3. The second-order valence-corrected chi connectivity index (χ2v) is 6.66. The van der Waals surface area contributed by atoms with Gasteiger partial charge in [-0.1, -0.05) is 24.3 Å². The van der Waals surface area contributed by atoms with E-state index in [9.17, 15) is 9.18 Å². The third-order valence-electron chi connectivity index (χ3n) is 3.89. The van der Waals surface area contributed by atoms with E-state index >= 15 is 0 Å². The summed E-state index contributed by atoms with van der Waals surface area (Å²) in [5.74, 6) is -0.806. The highest BCUT2D eigenvalue weighted by Gasteiger charge is 2.10. The van der Waals surface area contributed by atoms with E-state index in [0.29, 0.717) is 5.69 Å². The van der Waals surface area contributed by atoms with Crippen molar-refractivity contribution in [2.75, 3.05) is 5.32 Å². The van der Waals surface area contributed by atoms with Crippen LogP contribution in [0.3, 0.4) is 0 Å². The van der Waals surface area contributed by atoms with Gasteiger partial charge in [-0.3, -0.25) is 9.78 Å². The normalized spacial score (nSPS) is 10.6. The molecular formula is C21H14FN3OS. The monoisotopic (exact) mass is 375 g/mol. The van der Waals surface area contributed by atoms with Gasteiger partial charge in [-0.25, -0.2) is 9.37 Å². The van der Waals surface area contributed by atoms with E-state index in [1.54, 1.807) is 18.3 Å². The van der Waals surface area contributed by atoms with Gasteiger partial charge in [0, 0.05) is 28.4 Å². The van der Waals surface area contributed by atoms with Gasteiger partial charge in [0.2, 0.25) is 0 Å². The van der Waals surface area contributed by atoms with E-state index in [1.807, 2.05) is 41.8 Å². The van der Waals surface area contributed by atoms with Crippen LogP contribution in [0.1, 0.15) is 10.4 Å². The molecule has 4 rings (SSSR count). The van der Waals surface area contributed by atoms with Crippen LogP contribution in [0.25, 0.3) is 22.0 Å². The van der Waals surface area contributed by atoms with Crippen LogP contribution in [0.5, 0.6) is 0 Å². The lowest BCUT2D eigenvalue weighted by Crippen LogP contribution is -2.12. The Hall–Kier alpha value is -3.38. The summed E-state index contributed by atoms with van der Waals surface area (Å²) in [5, 5.41) is 5.58. The van der Waals surface area contributed by atoms with Gasteiger partial charge in [-0.2, -0.15) is 0 Å². The quantitative estimate of drug-likeness (QED) is 0.529. The van der Waals surface area contributed by atoms with Crippen molar-refractivity contribution in [2.45, 2.75) is 0 Å². The molecule has 0 saturated carbocycles. The van der Waals surface area contributed by atoms with Gasteiger partial charge in [-0.15, -0.1) is 11.3 Å². The number of hydrogen-bond donors (Lipinski definition) is 1. The number of nitrogens with zero attached hydrogens (tertiary/aromatic N) is 2. The standard InChI is InChI=1S/C21H14FN3OS/c22-16-7-3-6-15(11-16)20(26)24-17-8-4-5-14(12-17)19-13-27-21(25-19)18-9-1-2-10-23-18/h1-13H,(H,24,26). The second kappa shape index (κ2) is 7.47. The number of carbonyl (C=O) groups is 1. The van der Waals surface area contributed by atoms with Crippen LogP contribution in [0.4, 0.5) is 10.1 Å². The largest absolute Gasteiger partial charge is 0.322 e. The first-order chi connectivity index (χ1) is 13.2. The number of halogens is 1. The molecule has 0 bridgehead atoms. The predicted octanol–water partition coefficient (Wildman–Crippen LogP) is 5.26. The van der Waals surface area contributed by atoms with Crippen LogP contribution >= 0.6 is 11.3 Å². The molecule has 1 N–H and O–H groups in total. The zero-order chi connectivity index (χ0) is 18.6. The molecule has 2 heterocycles. The number of aromatic nitrogens is 2. The van der Waals surface area contributed by atoms with Gasteiger partial charge in [0.25, 0.3) is 5.91 Å². The van der Waals surface area contributed by atoms with Crippen LogP contribution < -0.4 is 5.32 Å². The molecule has 0 atom stereocenters. The average Bonchev–Trinajstić information content (AvgIpc) is 3.19. The van der Waals surface area contributed by atoms with E-state index in [1.165, 1.54) is 29.5 Å². The molecule has 6 heteroatoms. The molecule has 132 valence electrons. The van der Waals surface area contributed by atoms with Crippen molar-refractivity contribution in [1.29, 1.82) is 0 Å². The first-order valence-electron chi connectivity index (χ1n) is 8.23. The van der Waals surface area contributed by atoms with Crippen molar-refractivity contribution < 1.29 is 9.18 Å². The van der Waals surface area contributed by atoms with Gasteiger partial charge in [-0.05, 0) is 42.5 Å². The van der Waals surface area contributed by atoms with E-state index in [-0.39, 0.29) is 11.5 Å². The fourth-order valence-electron chi connectivity index (χ4n) is 2.60. The Bertz CT molecular complexity index is 1100. The van der Waals surface area contributed by atoms with Crippen molar-refractivity contribution in [3.8, 4) is 22.0 Å². The maximum Gasteiger partial charge on any atom is 0.255 e. The number of thiazole rings is 1. The number of amides is 1. The van der Waals surface area contributed by atoms with Crippen LogP contribution in [0.2, 0.25) is 0 Å². The van der Waals surface area contributed by atoms with E-state index < -0.39 is 5.82 Å². The minimum atomic E-state index is -0.444. The Kier molecular flexibility index (Phi) is 4.72. The third kappa shape index (κ3) is 3.91. The van der Waals surface area contributed by atoms with Gasteiger partial charge in [0.05, 0.1) is 11.4 Å². The molecule has 0 unspecified atom stereocenters. The van der Waals surface area contributed by atoms with E-state index in [4.69, 9.17) is 0 Å². The first kappa shape index (κ1) is 17.1. The molecule has 0 fully saturated rings. The summed E-state index contributed by atoms with van der Waals surface area (Å²) in [6.45, 7) is 0. The van der Waals surface area contributed by atoms with Gasteiger partial charge >= 0.3 is 0 Å². The fourth-order valence-corrected chi connectivity index (χ4v) is 3.41. The molecule has 2 aromatic heterocycles. The average molecular weight is 375 g/mol. The maximum atomic E-state index is 13.3. The molecule has 0 spiro atoms. The fraction of sp³-hybridized carbons (Fsp3) is 0. The molecule has 2 aromatic carbocycles. The molecule has 0 saturated heterocycles. The van der Waals surface area contributed by atoms with Crippen LogP contribution in [-0.2, 0) is 0 Å². The lowest BCUT2D eigenvalue weighted by Gasteiger charge is -2.07. The molecule has 0 aliphatic carbocycles. The number of rotatable bonds is 4. The number of anilines is 1. The summed E-state index contributed by atoms with van der Waals surface area (Å²) in [7, 11) is 0. The van der Waals surface area contributed by atoms with Crippen molar-refractivity contribution >= 4 is 22.9 Å². The number of hydrogen-bond acceptors (Lipinski definition) is 4. The predicted molar refractivity (Wildman–Crippen MR) is 105 cm³/mol. The highest BCUT2D eigenvalue weighted by Crippen LogP contribution is 2.29. The summed E-state index contributed by atoms with van der Waals surface area (Å²) in [4.78, 5) is 21.3. The van der Waals surface area contributed by atoms with Crippen molar-refractivity contribution in [2.24, 2.45) is 0 Å². The van der Waals surface area contributed by atoms with Gasteiger partial charge in [0.1, 0.15) is 10.8 Å². The zero-order valence-electron chi connectivity index (χ0n) is 14.1. The van der Waals surface area contributed by atoms with E-state index in [0.717, 1.165) is 22.0 Å². The van der Waals surface area contributed by atoms with Crippen molar-refractivity contribution in [1.82, 2.24) is 9.97 Å². The summed E-state index contributed by atoms with van der Waals surface area (Å²) in [6.07, 6.45) is 1.74. The topological polar surface area (TPSA) is 54.9 Å². The minimum Gasteiger partial charge on any atom is -0.322 e. The van der Waals surface area contributed by atoms with Gasteiger partial charge in [0.15, 0.2) is 0 Å². The number of carbonyl (C=O) groups excluding carboxylic acids is 1. The highest BCUT2D eigenvalue weighted by molar-refractivity contribution is 7.13. The molecule has 27 heavy (non-hydrogen) atoms. The number of pyridine rings is 1. The summed E-state index contributed by atoms with van der Waals surface area (Å²) < 4.78 is 13.3. The number of benzene rings is 2. The molecule has 4 aromatic rings. The first-order valence-corrected chi connectivity index (χ1v) is 9.11. The Balaban J connectivity index is 1.56.